The number of allylic oxidation sites excluding steroid dienone is 2. The molecule has 188 valence electrons. The number of fused-ring (bicyclic) bond motifs is 2. The van der Waals surface area contributed by atoms with Crippen molar-refractivity contribution in [3.63, 3.8) is 0 Å². The lowest BCUT2D eigenvalue weighted by Crippen LogP contribution is -2.32. The van der Waals surface area contributed by atoms with Crippen molar-refractivity contribution < 1.29 is 0 Å². The summed E-state index contributed by atoms with van der Waals surface area (Å²) < 4.78 is 0. The molecule has 0 saturated carbocycles. The second kappa shape index (κ2) is 10.5. The second-order valence-corrected chi connectivity index (χ2v) is 11.5. The molecule has 0 amide bonds. The molecule has 2 atom stereocenters. The Kier molecular flexibility index (Phi) is 7.80. The lowest BCUT2D eigenvalue weighted by atomic mass is 9.60. The summed E-state index contributed by atoms with van der Waals surface area (Å²) in [6, 6.07) is 9.70. The molecule has 0 fully saturated rings. The Morgan fingerprint density at radius 3 is 1.20 bits per heavy atom. The zero-order chi connectivity index (χ0) is 25.3. The van der Waals surface area contributed by atoms with E-state index in [2.05, 4.69) is 91.8 Å². The van der Waals surface area contributed by atoms with Crippen LogP contribution in [0.25, 0.3) is 12.2 Å². The van der Waals surface area contributed by atoms with E-state index in [1.807, 2.05) is 0 Å². The maximum atomic E-state index is 2.62. The molecule has 0 aliphatic heterocycles. The van der Waals surface area contributed by atoms with Gasteiger partial charge in [-0.3, -0.25) is 0 Å². The van der Waals surface area contributed by atoms with E-state index in [1.54, 1.807) is 44.5 Å². The van der Waals surface area contributed by atoms with Crippen LogP contribution in [0.1, 0.15) is 137 Å². The largest absolute Gasteiger partial charge is 0.0651 e. The second-order valence-electron chi connectivity index (χ2n) is 11.5. The highest BCUT2D eigenvalue weighted by atomic mass is 14.5. The van der Waals surface area contributed by atoms with Gasteiger partial charge in [-0.15, -0.1) is 0 Å². The van der Waals surface area contributed by atoms with E-state index in [0.717, 1.165) is 25.7 Å². The molecule has 0 nitrogen and oxygen atoms in total. The first-order valence-electron chi connectivity index (χ1n) is 14.6. The first-order valence-corrected chi connectivity index (χ1v) is 14.6. The average molecular weight is 469 g/mol. The fourth-order valence-corrected chi connectivity index (χ4v) is 7.49. The first kappa shape index (κ1) is 26.0. The van der Waals surface area contributed by atoms with Gasteiger partial charge in [0, 0.05) is 11.8 Å². The molecule has 2 aromatic rings. The highest BCUT2D eigenvalue weighted by Gasteiger charge is 2.48. The zero-order valence-corrected chi connectivity index (χ0v) is 23.8. The van der Waals surface area contributed by atoms with Gasteiger partial charge in [-0.2, -0.15) is 0 Å². The molecule has 35 heavy (non-hydrogen) atoms. The molecule has 2 aliphatic rings. The lowest BCUT2D eigenvalue weighted by molar-refractivity contribution is 0.266. The summed E-state index contributed by atoms with van der Waals surface area (Å²) in [5.74, 6) is 0.982. The monoisotopic (exact) mass is 468 g/mol. The molecule has 2 unspecified atom stereocenters. The predicted molar refractivity (Wildman–Crippen MR) is 155 cm³/mol. The molecule has 0 saturated heterocycles. The summed E-state index contributed by atoms with van der Waals surface area (Å²) in [4.78, 5) is 0. The molecule has 0 N–H and O–H groups in total. The van der Waals surface area contributed by atoms with Gasteiger partial charge < -0.3 is 0 Å². The van der Waals surface area contributed by atoms with Crippen LogP contribution in [0.3, 0.4) is 0 Å². The Morgan fingerprint density at radius 1 is 0.543 bits per heavy atom. The minimum atomic E-state index is 0.116. The molecule has 0 radical (unpaired) electrons. The standard InChI is InChI=1S/C35H48/c1-9-15-27-21-29-23(11-3)17-19-25(13-5)31(29)33(27)35(7,8)34-28(16-10-2)22-30-24(12-4)18-20-26(14-6)32(30)34/h17-22,33-34H,9-16H2,1-8H3. The maximum absolute atomic E-state index is 2.62. The van der Waals surface area contributed by atoms with E-state index >= 15 is 0 Å². The van der Waals surface area contributed by atoms with Crippen LogP contribution in [0.4, 0.5) is 0 Å². The van der Waals surface area contributed by atoms with Crippen LogP contribution in [0.15, 0.2) is 35.4 Å². The fraction of sp³-hybridized carbons (Fsp3) is 0.543. The topological polar surface area (TPSA) is 0 Å². The van der Waals surface area contributed by atoms with Gasteiger partial charge in [-0.05, 0) is 88.4 Å². The molecule has 2 aliphatic carbocycles. The van der Waals surface area contributed by atoms with Crippen molar-refractivity contribution in [3.8, 4) is 0 Å². The summed E-state index contributed by atoms with van der Waals surface area (Å²) >= 11 is 0. The first-order chi connectivity index (χ1) is 16.9. The highest BCUT2D eigenvalue weighted by Crippen LogP contribution is 2.61. The molecular formula is C35H48. The maximum Gasteiger partial charge on any atom is 0.0120 e. The number of rotatable bonds is 10. The minimum Gasteiger partial charge on any atom is -0.0651 e. The molecule has 0 spiro atoms. The van der Waals surface area contributed by atoms with Crippen molar-refractivity contribution in [1.82, 2.24) is 0 Å². The van der Waals surface area contributed by atoms with Crippen molar-refractivity contribution in [1.29, 1.82) is 0 Å². The lowest BCUT2D eigenvalue weighted by Gasteiger charge is -2.43. The van der Waals surface area contributed by atoms with Gasteiger partial charge in [-0.1, -0.05) is 116 Å². The Bertz CT molecular complexity index is 1050. The van der Waals surface area contributed by atoms with Gasteiger partial charge in [-0.25, -0.2) is 0 Å². The molecular weight excluding hydrogens is 420 g/mol. The van der Waals surface area contributed by atoms with Gasteiger partial charge in [0.05, 0.1) is 0 Å². The summed E-state index contributed by atoms with van der Waals surface area (Å²) in [7, 11) is 0. The zero-order valence-electron chi connectivity index (χ0n) is 23.8. The summed E-state index contributed by atoms with van der Waals surface area (Å²) in [6.45, 7) is 19.3. The third-order valence-corrected chi connectivity index (χ3v) is 9.00. The Balaban J connectivity index is 1.97. The molecule has 0 heteroatoms. The van der Waals surface area contributed by atoms with Crippen molar-refractivity contribution in [3.05, 3.63) is 79.9 Å². The van der Waals surface area contributed by atoms with E-state index in [1.165, 1.54) is 36.8 Å². The van der Waals surface area contributed by atoms with Crippen molar-refractivity contribution in [2.24, 2.45) is 5.41 Å². The quantitative estimate of drug-likeness (QED) is 0.325. The predicted octanol–water partition coefficient (Wildman–Crippen LogP) is 10.2. The molecule has 2 aromatic carbocycles. The van der Waals surface area contributed by atoms with Crippen LogP contribution in [0.5, 0.6) is 0 Å². The molecule has 4 rings (SSSR count). The van der Waals surface area contributed by atoms with Gasteiger partial charge >= 0.3 is 0 Å². The van der Waals surface area contributed by atoms with Crippen molar-refractivity contribution in [2.75, 3.05) is 0 Å². The average Bonchev–Trinajstić information content (AvgIpc) is 3.43. The van der Waals surface area contributed by atoms with E-state index in [4.69, 9.17) is 0 Å². The SMILES string of the molecule is CCCC1=Cc2c(CC)ccc(CC)c2C1C(C)(C)C1C(CCC)=Cc2c(CC)ccc(CC)c21. The van der Waals surface area contributed by atoms with Crippen LogP contribution in [0.2, 0.25) is 0 Å². The Morgan fingerprint density at radius 2 is 0.886 bits per heavy atom. The van der Waals surface area contributed by atoms with Crippen molar-refractivity contribution in [2.45, 2.75) is 119 Å². The molecule has 0 aromatic heterocycles. The van der Waals surface area contributed by atoms with E-state index in [9.17, 15) is 0 Å². The van der Waals surface area contributed by atoms with Crippen molar-refractivity contribution >= 4 is 12.2 Å². The third-order valence-electron chi connectivity index (χ3n) is 9.00. The number of aryl methyl sites for hydroxylation is 4. The molecule has 0 heterocycles. The Hall–Kier alpha value is -2.08. The van der Waals surface area contributed by atoms with Gasteiger partial charge in [0.1, 0.15) is 0 Å². The summed E-state index contributed by atoms with van der Waals surface area (Å²) in [6.07, 6.45) is 14.5. The summed E-state index contributed by atoms with van der Waals surface area (Å²) in [5.41, 5.74) is 16.1. The van der Waals surface area contributed by atoms with Gasteiger partial charge in [0.25, 0.3) is 0 Å². The Labute approximate surface area is 215 Å². The smallest absolute Gasteiger partial charge is 0.0120 e. The summed E-state index contributed by atoms with van der Waals surface area (Å²) in [5, 5.41) is 0. The minimum absolute atomic E-state index is 0.116. The van der Waals surface area contributed by atoms with Crippen LogP contribution in [-0.4, -0.2) is 0 Å². The van der Waals surface area contributed by atoms with Gasteiger partial charge in [0.2, 0.25) is 0 Å². The van der Waals surface area contributed by atoms with Crippen LogP contribution >= 0.6 is 0 Å². The third kappa shape index (κ3) is 4.26. The van der Waals surface area contributed by atoms with Gasteiger partial charge in [0.15, 0.2) is 0 Å². The van der Waals surface area contributed by atoms with Crippen LogP contribution < -0.4 is 0 Å². The number of hydrogen-bond acceptors (Lipinski definition) is 0. The van der Waals surface area contributed by atoms with E-state index in [0.29, 0.717) is 11.8 Å². The van der Waals surface area contributed by atoms with E-state index in [-0.39, 0.29) is 5.41 Å². The molecule has 0 bridgehead atoms. The normalized spacial score (nSPS) is 19.0. The van der Waals surface area contributed by atoms with E-state index < -0.39 is 0 Å². The highest BCUT2D eigenvalue weighted by molar-refractivity contribution is 5.75. The van der Waals surface area contributed by atoms with Crippen LogP contribution in [0, 0.1) is 5.41 Å². The number of hydrogen-bond donors (Lipinski definition) is 0. The number of benzene rings is 2. The fourth-order valence-electron chi connectivity index (χ4n) is 7.49. The van der Waals surface area contributed by atoms with Crippen LogP contribution in [-0.2, 0) is 25.7 Å².